The highest BCUT2D eigenvalue weighted by atomic mass is 32.1. The van der Waals surface area contributed by atoms with Crippen LogP contribution in [0.1, 0.15) is 42.9 Å². The van der Waals surface area contributed by atoms with Gasteiger partial charge in [0.25, 0.3) is 0 Å². The molecule has 2 aliphatic heterocycles. The molecule has 1 aliphatic carbocycles. The van der Waals surface area contributed by atoms with Gasteiger partial charge in [-0.1, -0.05) is 12.8 Å². The van der Waals surface area contributed by atoms with E-state index in [-0.39, 0.29) is 5.92 Å². The van der Waals surface area contributed by atoms with Crippen LogP contribution in [0, 0.1) is 17.8 Å². The van der Waals surface area contributed by atoms with Crippen LogP contribution in [0.4, 0.5) is 4.39 Å². The maximum atomic E-state index is 14.3. The van der Waals surface area contributed by atoms with Crippen LogP contribution < -0.4 is 10.6 Å². The van der Waals surface area contributed by atoms with Gasteiger partial charge in [-0.3, -0.25) is 4.98 Å². The summed E-state index contributed by atoms with van der Waals surface area (Å²) in [5.41, 5.74) is 1.93. The second kappa shape index (κ2) is 5.94. The average molecular weight is 309 g/mol. The second-order valence-electron chi connectivity index (χ2n) is 6.93. The molecule has 116 valence electrons. The first kappa shape index (κ1) is 14.1. The first-order valence-electron chi connectivity index (χ1n) is 8.32. The molecule has 1 saturated carbocycles. The first-order chi connectivity index (χ1) is 10.3. The summed E-state index contributed by atoms with van der Waals surface area (Å²) in [6.45, 7) is 2.01. The number of hydrogen-bond donors (Lipinski definition) is 2. The van der Waals surface area contributed by atoms with E-state index in [0.29, 0.717) is 23.9 Å². The standard InChI is InChI=1S/C16H24FN3S/c17-14-4-2-1-3-11(14)10-5-12-13(15-8-18-9-21-15)7-20-16(12)19-6-10/h8-14,16,19-20H,1-7H2. The van der Waals surface area contributed by atoms with Crippen LogP contribution in [0.2, 0.25) is 0 Å². The predicted octanol–water partition coefficient (Wildman–Crippen LogP) is 2.91. The Labute approximate surface area is 129 Å². The lowest BCUT2D eigenvalue weighted by Gasteiger charge is -2.41. The van der Waals surface area contributed by atoms with Crippen molar-refractivity contribution in [3.8, 4) is 0 Å². The predicted molar refractivity (Wildman–Crippen MR) is 83.1 cm³/mol. The Kier molecular flexibility index (Phi) is 3.98. The summed E-state index contributed by atoms with van der Waals surface area (Å²) in [5.74, 6) is 1.95. The van der Waals surface area contributed by atoms with Gasteiger partial charge in [0.15, 0.2) is 0 Å². The van der Waals surface area contributed by atoms with Gasteiger partial charge in [0.2, 0.25) is 0 Å². The van der Waals surface area contributed by atoms with Crippen molar-refractivity contribution in [1.29, 1.82) is 0 Å². The van der Waals surface area contributed by atoms with Crippen molar-refractivity contribution < 1.29 is 4.39 Å². The SMILES string of the molecule is FC1CCCCC1C1CNC2NCC(c3cncs3)C2C1. The number of rotatable bonds is 2. The molecule has 3 heterocycles. The first-order valence-corrected chi connectivity index (χ1v) is 9.20. The van der Waals surface area contributed by atoms with E-state index in [9.17, 15) is 4.39 Å². The van der Waals surface area contributed by atoms with Crippen LogP contribution in [-0.4, -0.2) is 30.4 Å². The van der Waals surface area contributed by atoms with Crippen LogP contribution in [-0.2, 0) is 0 Å². The summed E-state index contributed by atoms with van der Waals surface area (Å²) in [5, 5.41) is 7.25. The highest BCUT2D eigenvalue weighted by Gasteiger charge is 2.44. The van der Waals surface area contributed by atoms with E-state index in [1.165, 1.54) is 17.7 Å². The Bertz CT molecular complexity index is 466. The minimum atomic E-state index is -0.571. The Morgan fingerprint density at radius 1 is 1.14 bits per heavy atom. The molecule has 6 atom stereocenters. The second-order valence-corrected chi connectivity index (χ2v) is 7.85. The number of nitrogens with zero attached hydrogens (tertiary/aromatic N) is 1. The number of aromatic nitrogens is 1. The Morgan fingerprint density at radius 3 is 2.81 bits per heavy atom. The fourth-order valence-electron chi connectivity index (χ4n) is 4.72. The molecule has 3 fully saturated rings. The third-order valence-electron chi connectivity index (χ3n) is 5.83. The number of hydrogen-bond acceptors (Lipinski definition) is 4. The van der Waals surface area contributed by atoms with E-state index < -0.39 is 6.17 Å². The Balaban J connectivity index is 1.48. The summed E-state index contributed by atoms with van der Waals surface area (Å²) in [4.78, 5) is 5.62. The van der Waals surface area contributed by atoms with Crippen LogP contribution in [0.25, 0.3) is 0 Å². The molecule has 21 heavy (non-hydrogen) atoms. The van der Waals surface area contributed by atoms with E-state index in [1.807, 2.05) is 11.7 Å². The molecule has 2 saturated heterocycles. The van der Waals surface area contributed by atoms with Crippen LogP contribution >= 0.6 is 11.3 Å². The van der Waals surface area contributed by atoms with E-state index >= 15 is 0 Å². The van der Waals surface area contributed by atoms with E-state index in [2.05, 4.69) is 15.6 Å². The minimum Gasteiger partial charge on any atom is -0.301 e. The van der Waals surface area contributed by atoms with Crippen LogP contribution in [0.3, 0.4) is 0 Å². The molecule has 3 aliphatic rings. The topological polar surface area (TPSA) is 37.0 Å². The lowest BCUT2D eigenvalue weighted by Crippen LogP contribution is -2.51. The number of fused-ring (bicyclic) bond motifs is 1. The van der Waals surface area contributed by atoms with Crippen molar-refractivity contribution in [3.05, 3.63) is 16.6 Å². The van der Waals surface area contributed by atoms with Crippen molar-refractivity contribution >= 4 is 11.3 Å². The maximum absolute atomic E-state index is 14.3. The van der Waals surface area contributed by atoms with Crippen molar-refractivity contribution in [2.24, 2.45) is 17.8 Å². The van der Waals surface area contributed by atoms with E-state index in [4.69, 9.17) is 0 Å². The molecule has 4 rings (SSSR count). The quantitative estimate of drug-likeness (QED) is 0.882. The van der Waals surface area contributed by atoms with Crippen molar-refractivity contribution in [3.63, 3.8) is 0 Å². The van der Waals surface area contributed by atoms with Crippen LogP contribution in [0.5, 0.6) is 0 Å². The average Bonchev–Trinajstić information content (AvgIpc) is 3.16. The van der Waals surface area contributed by atoms with Gasteiger partial charge in [-0.05, 0) is 43.6 Å². The van der Waals surface area contributed by atoms with Gasteiger partial charge >= 0.3 is 0 Å². The number of alkyl halides is 1. The fraction of sp³-hybridized carbons (Fsp3) is 0.812. The molecule has 1 aromatic heterocycles. The van der Waals surface area contributed by atoms with Crippen molar-refractivity contribution in [1.82, 2.24) is 15.6 Å². The molecule has 5 heteroatoms. The zero-order valence-electron chi connectivity index (χ0n) is 12.3. The van der Waals surface area contributed by atoms with Gasteiger partial charge in [-0.2, -0.15) is 0 Å². The Hall–Kier alpha value is -0.520. The fourth-order valence-corrected chi connectivity index (χ4v) is 5.51. The molecule has 0 radical (unpaired) electrons. The van der Waals surface area contributed by atoms with Gasteiger partial charge in [-0.25, -0.2) is 4.39 Å². The smallest absolute Gasteiger partial charge is 0.103 e. The highest BCUT2D eigenvalue weighted by molar-refractivity contribution is 7.09. The number of piperidine rings is 1. The summed E-state index contributed by atoms with van der Waals surface area (Å²) < 4.78 is 14.3. The Morgan fingerprint density at radius 2 is 2.00 bits per heavy atom. The van der Waals surface area contributed by atoms with Gasteiger partial charge < -0.3 is 10.6 Å². The van der Waals surface area contributed by atoms with Crippen molar-refractivity contribution in [2.75, 3.05) is 13.1 Å². The minimum absolute atomic E-state index is 0.287. The third kappa shape index (κ3) is 2.64. The van der Waals surface area contributed by atoms with Gasteiger partial charge in [0.05, 0.1) is 11.7 Å². The monoisotopic (exact) mass is 309 g/mol. The molecule has 1 aromatic rings. The maximum Gasteiger partial charge on any atom is 0.103 e. The summed E-state index contributed by atoms with van der Waals surface area (Å²) in [6.07, 6.45) is 7.18. The molecule has 0 aromatic carbocycles. The zero-order chi connectivity index (χ0) is 14.2. The normalized spacial score (nSPS) is 43.7. The molecule has 3 nitrogen and oxygen atoms in total. The molecule has 0 spiro atoms. The zero-order valence-corrected chi connectivity index (χ0v) is 13.1. The lowest BCUT2D eigenvalue weighted by molar-refractivity contribution is 0.0731. The van der Waals surface area contributed by atoms with Gasteiger partial charge in [-0.15, -0.1) is 11.3 Å². The van der Waals surface area contributed by atoms with E-state index in [1.54, 1.807) is 11.3 Å². The third-order valence-corrected chi connectivity index (χ3v) is 6.74. The molecular weight excluding hydrogens is 285 g/mol. The molecule has 6 unspecified atom stereocenters. The summed E-state index contributed by atoms with van der Waals surface area (Å²) in [7, 11) is 0. The van der Waals surface area contributed by atoms with Gasteiger partial charge in [0.1, 0.15) is 6.17 Å². The number of thiazole rings is 1. The highest BCUT2D eigenvalue weighted by Crippen LogP contribution is 2.43. The molecule has 0 bridgehead atoms. The number of nitrogens with one attached hydrogen (secondary N) is 2. The van der Waals surface area contributed by atoms with Crippen molar-refractivity contribution in [2.45, 2.75) is 50.4 Å². The molecule has 2 N–H and O–H groups in total. The number of halogens is 1. The van der Waals surface area contributed by atoms with Crippen LogP contribution in [0.15, 0.2) is 11.7 Å². The van der Waals surface area contributed by atoms with E-state index in [0.717, 1.165) is 32.4 Å². The summed E-state index contributed by atoms with van der Waals surface area (Å²) >= 11 is 1.76. The summed E-state index contributed by atoms with van der Waals surface area (Å²) in [6, 6.07) is 0. The molecular formula is C16H24FN3S. The largest absolute Gasteiger partial charge is 0.301 e. The molecule has 0 amide bonds. The van der Waals surface area contributed by atoms with Gasteiger partial charge in [0, 0.05) is 23.5 Å². The lowest BCUT2D eigenvalue weighted by atomic mass is 9.71.